The largest absolute Gasteiger partial charge is 0.480 e. The van der Waals surface area contributed by atoms with E-state index >= 15 is 0 Å². The van der Waals surface area contributed by atoms with E-state index in [1.807, 2.05) is 0 Å². The van der Waals surface area contributed by atoms with Crippen molar-refractivity contribution >= 4 is 23.7 Å². The number of nitrogens with one attached hydrogen (secondary N) is 1. The first kappa shape index (κ1) is 19.2. The minimum Gasteiger partial charge on any atom is -0.480 e. The first-order valence-electron chi connectivity index (χ1n) is 8.72. The van der Waals surface area contributed by atoms with Gasteiger partial charge in [-0.25, -0.2) is 4.79 Å². The topological polar surface area (TPSA) is 117 Å². The molecule has 0 unspecified atom stereocenters. The summed E-state index contributed by atoms with van der Waals surface area (Å²) in [7, 11) is 0. The van der Waals surface area contributed by atoms with Gasteiger partial charge in [-0.15, -0.1) is 0 Å². The van der Waals surface area contributed by atoms with E-state index in [1.165, 1.54) is 18.2 Å². The molecule has 3 rings (SSSR count). The molecule has 1 aromatic carbocycles. The van der Waals surface area contributed by atoms with Gasteiger partial charge in [-0.05, 0) is 41.8 Å². The standard InChI is InChI=1S/C20H19N3O5/c1-11(2)16(20(27)28)22-17(24)13-3-4-14-15(9-13)19(26)23(18(14)25)10-12-5-7-21-8-6-12/h3-9,11,16H,10H2,1-2H3,(H,22,24)(H,27,28)/t16-/m0/s1. The Bertz CT molecular complexity index is 956. The van der Waals surface area contributed by atoms with Crippen molar-refractivity contribution in [3.63, 3.8) is 0 Å². The number of aliphatic carboxylic acids is 1. The molecule has 1 aromatic heterocycles. The Kier molecular flexibility index (Phi) is 5.21. The quantitative estimate of drug-likeness (QED) is 0.736. The van der Waals surface area contributed by atoms with Gasteiger partial charge in [0.2, 0.25) is 0 Å². The summed E-state index contributed by atoms with van der Waals surface area (Å²) in [5.74, 6) is -2.99. The van der Waals surface area contributed by atoms with Crippen LogP contribution in [0.5, 0.6) is 0 Å². The molecular formula is C20H19N3O5. The number of pyridine rings is 1. The summed E-state index contributed by atoms with van der Waals surface area (Å²) >= 11 is 0. The summed E-state index contributed by atoms with van der Waals surface area (Å²) in [6.45, 7) is 3.46. The molecule has 8 nitrogen and oxygen atoms in total. The van der Waals surface area contributed by atoms with Gasteiger partial charge < -0.3 is 10.4 Å². The fraction of sp³-hybridized carbons (Fsp3) is 0.250. The van der Waals surface area contributed by atoms with E-state index in [0.29, 0.717) is 0 Å². The molecule has 0 fully saturated rings. The van der Waals surface area contributed by atoms with Crippen LogP contribution in [0.1, 0.15) is 50.5 Å². The summed E-state index contributed by atoms with van der Waals surface area (Å²) in [5, 5.41) is 11.7. The number of amides is 3. The number of rotatable bonds is 6. The molecule has 28 heavy (non-hydrogen) atoms. The Labute approximate surface area is 161 Å². The lowest BCUT2D eigenvalue weighted by Gasteiger charge is -2.18. The molecule has 1 aliphatic rings. The molecule has 2 N–H and O–H groups in total. The van der Waals surface area contributed by atoms with Gasteiger partial charge in [-0.1, -0.05) is 13.8 Å². The van der Waals surface area contributed by atoms with E-state index in [0.717, 1.165) is 10.5 Å². The molecule has 3 amide bonds. The predicted molar refractivity (Wildman–Crippen MR) is 98.6 cm³/mol. The number of carbonyl (C=O) groups is 4. The van der Waals surface area contributed by atoms with E-state index in [-0.39, 0.29) is 29.2 Å². The van der Waals surface area contributed by atoms with Gasteiger partial charge in [0.15, 0.2) is 0 Å². The molecule has 2 aromatic rings. The molecule has 144 valence electrons. The summed E-state index contributed by atoms with van der Waals surface area (Å²) in [4.78, 5) is 54.0. The number of hydrogen-bond donors (Lipinski definition) is 2. The summed E-state index contributed by atoms with van der Waals surface area (Å²) in [6, 6.07) is 6.52. The second-order valence-corrected chi connectivity index (χ2v) is 6.85. The van der Waals surface area contributed by atoms with Crippen LogP contribution in [0.4, 0.5) is 0 Å². The number of imide groups is 1. The number of carboxylic acid groups (broad SMARTS) is 1. The van der Waals surface area contributed by atoms with Crippen LogP contribution in [0, 0.1) is 5.92 Å². The van der Waals surface area contributed by atoms with Crippen LogP contribution in [0.2, 0.25) is 0 Å². The fourth-order valence-corrected chi connectivity index (χ4v) is 2.98. The third-order valence-electron chi connectivity index (χ3n) is 4.54. The molecule has 1 atom stereocenters. The Hall–Kier alpha value is -3.55. The first-order chi connectivity index (χ1) is 13.3. The van der Waals surface area contributed by atoms with Crippen LogP contribution in [0.25, 0.3) is 0 Å². The minimum absolute atomic E-state index is 0.102. The van der Waals surface area contributed by atoms with E-state index in [4.69, 9.17) is 0 Å². The van der Waals surface area contributed by atoms with E-state index in [2.05, 4.69) is 10.3 Å². The van der Waals surface area contributed by atoms with Gasteiger partial charge in [0.25, 0.3) is 17.7 Å². The molecule has 8 heteroatoms. The average Bonchev–Trinajstić information content (AvgIpc) is 2.90. The van der Waals surface area contributed by atoms with Crippen LogP contribution in [0.3, 0.4) is 0 Å². The Morgan fingerprint density at radius 1 is 1.07 bits per heavy atom. The highest BCUT2D eigenvalue weighted by molar-refractivity contribution is 6.22. The second-order valence-electron chi connectivity index (χ2n) is 6.85. The minimum atomic E-state index is -1.14. The smallest absolute Gasteiger partial charge is 0.326 e. The fourth-order valence-electron chi connectivity index (χ4n) is 2.98. The summed E-state index contributed by atoms with van der Waals surface area (Å²) in [6.07, 6.45) is 3.15. The third-order valence-corrected chi connectivity index (χ3v) is 4.54. The van der Waals surface area contributed by atoms with Crippen molar-refractivity contribution < 1.29 is 24.3 Å². The molecular weight excluding hydrogens is 362 g/mol. The summed E-state index contributed by atoms with van der Waals surface area (Å²) < 4.78 is 0. The predicted octanol–water partition coefficient (Wildman–Crippen LogP) is 1.72. The van der Waals surface area contributed by atoms with Crippen molar-refractivity contribution in [3.8, 4) is 0 Å². The van der Waals surface area contributed by atoms with Crippen molar-refractivity contribution in [2.24, 2.45) is 5.92 Å². The maximum atomic E-state index is 12.7. The normalized spacial score (nSPS) is 14.2. The zero-order chi connectivity index (χ0) is 20.4. The van der Waals surface area contributed by atoms with E-state index in [9.17, 15) is 24.3 Å². The third kappa shape index (κ3) is 3.62. The van der Waals surface area contributed by atoms with Crippen molar-refractivity contribution in [2.45, 2.75) is 26.4 Å². The average molecular weight is 381 g/mol. The van der Waals surface area contributed by atoms with Crippen LogP contribution in [0.15, 0.2) is 42.7 Å². The lowest BCUT2D eigenvalue weighted by Crippen LogP contribution is -2.44. The zero-order valence-corrected chi connectivity index (χ0v) is 15.4. The number of fused-ring (bicyclic) bond motifs is 1. The zero-order valence-electron chi connectivity index (χ0n) is 15.4. The van der Waals surface area contributed by atoms with Gasteiger partial charge in [0.05, 0.1) is 17.7 Å². The number of carbonyl (C=O) groups excluding carboxylic acids is 3. The monoisotopic (exact) mass is 381 g/mol. The number of nitrogens with zero attached hydrogens (tertiary/aromatic N) is 2. The highest BCUT2D eigenvalue weighted by atomic mass is 16.4. The number of carboxylic acids is 1. The molecule has 0 saturated heterocycles. The second kappa shape index (κ2) is 7.59. The lowest BCUT2D eigenvalue weighted by molar-refractivity contribution is -0.140. The highest BCUT2D eigenvalue weighted by Crippen LogP contribution is 2.25. The number of benzene rings is 1. The maximum absolute atomic E-state index is 12.7. The van der Waals surface area contributed by atoms with Gasteiger partial charge in [0, 0.05) is 18.0 Å². The molecule has 1 aliphatic heterocycles. The van der Waals surface area contributed by atoms with E-state index in [1.54, 1.807) is 38.4 Å². The SMILES string of the molecule is CC(C)[C@H](NC(=O)c1ccc2c(c1)C(=O)N(Cc1ccncc1)C2=O)C(=O)O. The van der Waals surface area contributed by atoms with Crippen molar-refractivity contribution in [3.05, 3.63) is 65.0 Å². The maximum Gasteiger partial charge on any atom is 0.326 e. The Morgan fingerprint density at radius 2 is 1.71 bits per heavy atom. The van der Waals surface area contributed by atoms with Crippen molar-refractivity contribution in [1.82, 2.24) is 15.2 Å². The molecule has 0 radical (unpaired) electrons. The Morgan fingerprint density at radius 3 is 2.32 bits per heavy atom. The molecule has 0 bridgehead atoms. The molecule has 0 aliphatic carbocycles. The first-order valence-corrected chi connectivity index (χ1v) is 8.72. The van der Waals surface area contributed by atoms with Gasteiger partial charge in [0.1, 0.15) is 6.04 Å². The van der Waals surface area contributed by atoms with Gasteiger partial charge >= 0.3 is 5.97 Å². The molecule has 2 heterocycles. The van der Waals surface area contributed by atoms with Gasteiger partial charge in [-0.2, -0.15) is 0 Å². The van der Waals surface area contributed by atoms with Crippen molar-refractivity contribution in [2.75, 3.05) is 0 Å². The number of hydrogen-bond acceptors (Lipinski definition) is 5. The molecule has 0 saturated carbocycles. The number of aromatic nitrogens is 1. The van der Waals surface area contributed by atoms with Crippen LogP contribution in [-0.4, -0.2) is 44.7 Å². The van der Waals surface area contributed by atoms with Crippen LogP contribution < -0.4 is 5.32 Å². The van der Waals surface area contributed by atoms with Gasteiger partial charge in [-0.3, -0.25) is 24.3 Å². The summed E-state index contributed by atoms with van der Waals surface area (Å²) in [5.41, 5.74) is 1.22. The Balaban J connectivity index is 1.83. The van der Waals surface area contributed by atoms with Crippen LogP contribution in [-0.2, 0) is 11.3 Å². The van der Waals surface area contributed by atoms with Crippen LogP contribution >= 0.6 is 0 Å². The lowest BCUT2D eigenvalue weighted by atomic mass is 10.0. The van der Waals surface area contributed by atoms with Crippen molar-refractivity contribution in [1.29, 1.82) is 0 Å². The highest BCUT2D eigenvalue weighted by Gasteiger charge is 2.36. The molecule has 0 spiro atoms. The van der Waals surface area contributed by atoms with E-state index < -0.39 is 29.7 Å².